The summed E-state index contributed by atoms with van der Waals surface area (Å²) in [4.78, 5) is 23.3. The van der Waals surface area contributed by atoms with Crippen LogP contribution in [0.4, 0.5) is 5.69 Å². The van der Waals surface area contributed by atoms with E-state index in [-0.39, 0.29) is 17.0 Å². The van der Waals surface area contributed by atoms with Crippen molar-refractivity contribution in [2.45, 2.75) is 33.2 Å². The first-order valence-electron chi connectivity index (χ1n) is 6.89. The first kappa shape index (κ1) is 15.8. The lowest BCUT2D eigenvalue weighted by Crippen LogP contribution is -2.22. The fourth-order valence-electron chi connectivity index (χ4n) is 1.94. The van der Waals surface area contributed by atoms with E-state index >= 15 is 0 Å². The summed E-state index contributed by atoms with van der Waals surface area (Å²) < 4.78 is 1.71. The quantitative estimate of drug-likeness (QED) is 0.913. The number of rotatable bonds is 3. The van der Waals surface area contributed by atoms with Gasteiger partial charge in [0.2, 0.25) is 0 Å². The second kappa shape index (κ2) is 5.63. The van der Waals surface area contributed by atoms with Crippen LogP contribution in [0, 0.1) is 6.92 Å². The van der Waals surface area contributed by atoms with Gasteiger partial charge in [0.15, 0.2) is 0 Å². The van der Waals surface area contributed by atoms with Gasteiger partial charge in [-0.25, -0.2) is 4.79 Å². The molecule has 0 aliphatic heterocycles. The van der Waals surface area contributed by atoms with Gasteiger partial charge in [0.25, 0.3) is 5.91 Å². The van der Waals surface area contributed by atoms with E-state index < -0.39 is 5.97 Å². The van der Waals surface area contributed by atoms with Crippen LogP contribution in [0.25, 0.3) is 0 Å². The maximum Gasteiger partial charge on any atom is 0.336 e. The molecule has 6 heteroatoms. The molecular formula is C16H19N3O3. The zero-order chi connectivity index (χ0) is 16.5. The lowest BCUT2D eigenvalue weighted by atomic mass is 10.1. The molecule has 0 aliphatic rings. The first-order valence-corrected chi connectivity index (χ1v) is 6.89. The number of carbonyl (C=O) groups is 2. The molecule has 0 fully saturated rings. The van der Waals surface area contributed by atoms with Crippen molar-refractivity contribution in [1.29, 1.82) is 0 Å². The van der Waals surface area contributed by atoms with Gasteiger partial charge >= 0.3 is 5.97 Å². The Labute approximate surface area is 128 Å². The number of nitrogens with one attached hydrogen (secondary N) is 1. The number of aromatic carboxylic acids is 1. The van der Waals surface area contributed by atoms with E-state index in [2.05, 4.69) is 10.4 Å². The molecule has 0 saturated carbocycles. The summed E-state index contributed by atoms with van der Waals surface area (Å²) in [5.41, 5.74) is 1.47. The lowest BCUT2D eigenvalue weighted by molar-refractivity contribution is 0.0695. The molecule has 1 amide bonds. The van der Waals surface area contributed by atoms with Crippen molar-refractivity contribution >= 4 is 17.6 Å². The van der Waals surface area contributed by atoms with E-state index in [1.54, 1.807) is 29.9 Å². The molecule has 2 aromatic rings. The average molecular weight is 301 g/mol. The van der Waals surface area contributed by atoms with Crippen LogP contribution >= 0.6 is 0 Å². The maximum atomic E-state index is 12.2. The first-order chi connectivity index (χ1) is 10.2. The zero-order valence-corrected chi connectivity index (χ0v) is 13.0. The summed E-state index contributed by atoms with van der Waals surface area (Å²) >= 11 is 0. The van der Waals surface area contributed by atoms with Crippen LogP contribution in [-0.4, -0.2) is 26.8 Å². The van der Waals surface area contributed by atoms with E-state index in [1.165, 1.54) is 12.3 Å². The van der Waals surface area contributed by atoms with Crippen LogP contribution in [0.2, 0.25) is 0 Å². The van der Waals surface area contributed by atoms with Crippen molar-refractivity contribution in [2.75, 3.05) is 5.32 Å². The molecule has 0 atom stereocenters. The minimum absolute atomic E-state index is 0.170. The summed E-state index contributed by atoms with van der Waals surface area (Å²) in [6.45, 7) is 7.67. The third-order valence-corrected chi connectivity index (χ3v) is 3.26. The van der Waals surface area contributed by atoms with E-state index in [0.29, 0.717) is 16.8 Å². The predicted molar refractivity (Wildman–Crippen MR) is 83.3 cm³/mol. The predicted octanol–water partition coefficient (Wildman–Crippen LogP) is 2.90. The fraction of sp³-hybridized carbons (Fsp3) is 0.312. The Balaban J connectivity index is 2.20. The van der Waals surface area contributed by atoms with E-state index in [9.17, 15) is 9.59 Å². The molecule has 2 rings (SSSR count). The van der Waals surface area contributed by atoms with Crippen LogP contribution in [0.5, 0.6) is 0 Å². The van der Waals surface area contributed by atoms with Crippen molar-refractivity contribution in [1.82, 2.24) is 9.78 Å². The Morgan fingerprint density at radius 1 is 1.27 bits per heavy atom. The molecule has 0 radical (unpaired) electrons. The van der Waals surface area contributed by atoms with Crippen LogP contribution in [0.1, 0.15) is 47.1 Å². The van der Waals surface area contributed by atoms with Crippen molar-refractivity contribution in [3.63, 3.8) is 0 Å². The van der Waals surface area contributed by atoms with E-state index in [4.69, 9.17) is 5.11 Å². The molecule has 6 nitrogen and oxygen atoms in total. The number of nitrogens with zero attached hydrogens (tertiary/aromatic N) is 2. The average Bonchev–Trinajstić information content (AvgIpc) is 2.90. The van der Waals surface area contributed by atoms with Gasteiger partial charge in [-0.05, 0) is 45.4 Å². The van der Waals surface area contributed by atoms with Crippen LogP contribution < -0.4 is 5.32 Å². The number of anilines is 1. The lowest BCUT2D eigenvalue weighted by Gasteiger charge is -2.18. The van der Waals surface area contributed by atoms with Crippen molar-refractivity contribution in [2.24, 2.45) is 0 Å². The third-order valence-electron chi connectivity index (χ3n) is 3.26. The molecular weight excluding hydrogens is 282 g/mol. The third kappa shape index (κ3) is 3.33. The van der Waals surface area contributed by atoms with E-state index in [0.717, 1.165) is 0 Å². The zero-order valence-electron chi connectivity index (χ0n) is 13.0. The molecule has 2 N–H and O–H groups in total. The molecule has 1 aromatic heterocycles. The van der Waals surface area contributed by atoms with Crippen molar-refractivity contribution in [3.8, 4) is 0 Å². The Morgan fingerprint density at radius 2 is 1.95 bits per heavy atom. The molecule has 22 heavy (non-hydrogen) atoms. The fourth-order valence-corrected chi connectivity index (χ4v) is 1.94. The van der Waals surface area contributed by atoms with Gasteiger partial charge in [0, 0.05) is 11.9 Å². The summed E-state index contributed by atoms with van der Waals surface area (Å²) in [5, 5.41) is 16.0. The minimum atomic E-state index is -1.02. The molecule has 1 heterocycles. The second-order valence-corrected chi connectivity index (χ2v) is 6.13. The minimum Gasteiger partial charge on any atom is -0.478 e. The van der Waals surface area contributed by atoms with Crippen molar-refractivity contribution < 1.29 is 14.7 Å². The number of benzene rings is 1. The normalized spacial score (nSPS) is 11.3. The summed E-state index contributed by atoms with van der Waals surface area (Å²) in [5.74, 6) is -1.34. The van der Waals surface area contributed by atoms with Gasteiger partial charge in [0.05, 0.1) is 22.9 Å². The highest BCUT2D eigenvalue weighted by atomic mass is 16.4. The molecule has 0 aliphatic carbocycles. The molecule has 0 spiro atoms. The molecule has 1 aromatic carbocycles. The second-order valence-electron chi connectivity index (χ2n) is 6.13. The van der Waals surface area contributed by atoms with Crippen LogP contribution in [-0.2, 0) is 5.54 Å². The summed E-state index contributed by atoms with van der Waals surface area (Å²) in [7, 11) is 0. The monoisotopic (exact) mass is 301 g/mol. The Hall–Kier alpha value is -2.63. The van der Waals surface area contributed by atoms with Gasteiger partial charge in [-0.2, -0.15) is 5.10 Å². The maximum absolute atomic E-state index is 12.2. The standard InChI is InChI=1S/C16H19N3O3/c1-10-5-6-12(7-13(10)15(21)22)18-14(20)11-8-17-19(9-11)16(2,3)4/h5-9H,1-4H3,(H,18,20)(H,21,22). The van der Waals surface area contributed by atoms with Gasteiger partial charge in [-0.1, -0.05) is 6.07 Å². The smallest absolute Gasteiger partial charge is 0.336 e. The Bertz CT molecular complexity index is 726. The molecule has 116 valence electrons. The van der Waals surface area contributed by atoms with Gasteiger partial charge in [-0.15, -0.1) is 0 Å². The van der Waals surface area contributed by atoms with Crippen LogP contribution in [0.3, 0.4) is 0 Å². The highest BCUT2D eigenvalue weighted by Crippen LogP contribution is 2.17. The number of hydrogen-bond acceptors (Lipinski definition) is 3. The Morgan fingerprint density at radius 3 is 2.50 bits per heavy atom. The Kier molecular flexibility index (Phi) is 4.03. The van der Waals surface area contributed by atoms with Gasteiger partial charge in [0.1, 0.15) is 0 Å². The summed E-state index contributed by atoms with van der Waals surface area (Å²) in [6.07, 6.45) is 3.16. The largest absolute Gasteiger partial charge is 0.478 e. The highest BCUT2D eigenvalue weighted by Gasteiger charge is 2.17. The van der Waals surface area contributed by atoms with Crippen LogP contribution in [0.15, 0.2) is 30.6 Å². The number of aromatic nitrogens is 2. The van der Waals surface area contributed by atoms with Gasteiger partial charge in [-0.3, -0.25) is 9.48 Å². The number of carboxylic acid groups (broad SMARTS) is 1. The topological polar surface area (TPSA) is 84.2 Å². The molecule has 0 saturated heterocycles. The summed E-state index contributed by atoms with van der Waals surface area (Å²) in [6, 6.07) is 4.79. The number of amides is 1. The highest BCUT2D eigenvalue weighted by molar-refractivity contribution is 6.04. The van der Waals surface area contributed by atoms with Crippen molar-refractivity contribution in [3.05, 3.63) is 47.3 Å². The molecule has 0 bridgehead atoms. The number of carboxylic acids is 1. The number of hydrogen-bond donors (Lipinski definition) is 2. The van der Waals surface area contributed by atoms with Gasteiger partial charge < -0.3 is 10.4 Å². The van der Waals surface area contributed by atoms with E-state index in [1.807, 2.05) is 20.8 Å². The molecule has 0 unspecified atom stereocenters. The SMILES string of the molecule is Cc1ccc(NC(=O)c2cnn(C(C)(C)C)c2)cc1C(=O)O. The number of carbonyl (C=O) groups excluding carboxylic acids is 1. The number of aryl methyl sites for hydroxylation is 1.